The second-order valence-electron chi connectivity index (χ2n) is 14.6. The van der Waals surface area contributed by atoms with Crippen LogP contribution in [0.2, 0.25) is 0 Å². The molecule has 4 aliphatic rings. The van der Waals surface area contributed by atoms with E-state index < -0.39 is 0 Å². The van der Waals surface area contributed by atoms with Gasteiger partial charge in [0.2, 0.25) is 0 Å². The molecule has 2 nitrogen and oxygen atoms in total. The van der Waals surface area contributed by atoms with Gasteiger partial charge in [-0.2, -0.15) is 0 Å². The fourth-order valence-corrected chi connectivity index (χ4v) is 9.72. The number of ether oxygens (including phenoxy) is 1. The van der Waals surface area contributed by atoms with Crippen molar-refractivity contribution in [2.45, 2.75) is 133 Å². The number of rotatable bonds is 4. The Labute approximate surface area is 210 Å². The van der Waals surface area contributed by atoms with Crippen LogP contribution < -0.4 is 0 Å². The quantitative estimate of drug-likeness (QED) is 0.304. The third kappa shape index (κ3) is 3.94. The van der Waals surface area contributed by atoms with Crippen LogP contribution in [0.1, 0.15) is 127 Å². The van der Waals surface area contributed by atoms with Crippen LogP contribution >= 0.6 is 0 Å². The van der Waals surface area contributed by atoms with E-state index in [0.717, 1.165) is 12.3 Å². The molecule has 0 radical (unpaired) electrons. The highest BCUT2D eigenvalue weighted by Gasteiger charge is 2.66. The number of hydrogen-bond donors (Lipinski definition) is 0. The minimum absolute atomic E-state index is 0.0426. The van der Waals surface area contributed by atoms with Crippen molar-refractivity contribution in [1.29, 1.82) is 0 Å². The standard InChI is InChI=1S/C32H52O2/c1-22(2)11-10-16-29(6)19-20-31(8)24(21-29)12-13-26-30(7)17-15-27(34-23(3)33)28(4,5)25(30)14-18-32(26,31)9/h11-12,25-27H,10,13-21H2,1-9H3. The molecule has 4 rings (SSSR count). The van der Waals surface area contributed by atoms with Gasteiger partial charge in [0.25, 0.3) is 0 Å². The average molecular weight is 469 g/mol. The molecule has 192 valence electrons. The summed E-state index contributed by atoms with van der Waals surface area (Å²) in [5.41, 5.74) is 4.75. The second-order valence-corrected chi connectivity index (χ2v) is 14.6. The van der Waals surface area contributed by atoms with Gasteiger partial charge in [-0.1, -0.05) is 64.8 Å². The van der Waals surface area contributed by atoms with E-state index in [1.165, 1.54) is 63.4 Å². The Bertz CT molecular complexity index is 875. The van der Waals surface area contributed by atoms with Crippen molar-refractivity contribution in [2.75, 3.05) is 0 Å². The van der Waals surface area contributed by atoms with Gasteiger partial charge in [0.15, 0.2) is 0 Å². The van der Waals surface area contributed by atoms with Crippen LogP contribution in [-0.4, -0.2) is 12.1 Å². The van der Waals surface area contributed by atoms with E-state index in [1.807, 2.05) is 0 Å². The number of carbonyl (C=O) groups excluding carboxylic acids is 1. The van der Waals surface area contributed by atoms with Gasteiger partial charge < -0.3 is 4.74 Å². The maximum Gasteiger partial charge on any atom is 0.302 e. The van der Waals surface area contributed by atoms with Crippen molar-refractivity contribution >= 4 is 5.97 Å². The van der Waals surface area contributed by atoms with Crippen LogP contribution in [0.25, 0.3) is 0 Å². The van der Waals surface area contributed by atoms with Crippen molar-refractivity contribution < 1.29 is 9.53 Å². The number of esters is 1. The highest BCUT2D eigenvalue weighted by atomic mass is 16.5. The SMILES string of the molecule is CC(=O)OC1CCC2(C)C(CCC3(C)C2CC=C2CC(C)(CCC=C(C)C)CCC23C)C1(C)C. The molecule has 3 saturated carbocycles. The maximum atomic E-state index is 11.8. The summed E-state index contributed by atoms with van der Waals surface area (Å²) in [7, 11) is 0. The minimum atomic E-state index is -0.116. The van der Waals surface area contributed by atoms with Gasteiger partial charge in [-0.05, 0) is 112 Å². The van der Waals surface area contributed by atoms with Crippen LogP contribution in [0.5, 0.6) is 0 Å². The zero-order valence-electron chi connectivity index (χ0n) is 23.8. The van der Waals surface area contributed by atoms with Gasteiger partial charge in [0, 0.05) is 12.3 Å². The van der Waals surface area contributed by atoms with Crippen molar-refractivity contribution in [3.05, 3.63) is 23.3 Å². The molecule has 0 heterocycles. The lowest BCUT2D eigenvalue weighted by atomic mass is 9.35. The van der Waals surface area contributed by atoms with Crippen LogP contribution in [0.15, 0.2) is 23.3 Å². The van der Waals surface area contributed by atoms with E-state index in [4.69, 9.17) is 4.74 Å². The average Bonchev–Trinajstić information content (AvgIpc) is 2.71. The van der Waals surface area contributed by atoms with E-state index in [1.54, 1.807) is 12.5 Å². The van der Waals surface area contributed by atoms with Crippen molar-refractivity contribution in [1.82, 2.24) is 0 Å². The largest absolute Gasteiger partial charge is 0.462 e. The highest BCUT2D eigenvalue weighted by molar-refractivity contribution is 5.66. The molecular formula is C32H52O2. The fraction of sp³-hybridized carbons (Fsp3) is 0.844. The molecule has 2 heteroatoms. The fourth-order valence-electron chi connectivity index (χ4n) is 9.72. The monoisotopic (exact) mass is 468 g/mol. The molecule has 0 spiro atoms. The molecule has 0 bridgehead atoms. The molecule has 0 aromatic carbocycles. The van der Waals surface area contributed by atoms with Crippen molar-refractivity contribution in [3.8, 4) is 0 Å². The van der Waals surface area contributed by atoms with Gasteiger partial charge in [0.05, 0.1) is 0 Å². The smallest absolute Gasteiger partial charge is 0.302 e. The summed E-state index contributed by atoms with van der Waals surface area (Å²) in [6, 6.07) is 0. The van der Waals surface area contributed by atoms with E-state index in [-0.39, 0.29) is 17.5 Å². The van der Waals surface area contributed by atoms with Crippen molar-refractivity contribution in [3.63, 3.8) is 0 Å². The molecule has 7 unspecified atom stereocenters. The van der Waals surface area contributed by atoms with E-state index >= 15 is 0 Å². The summed E-state index contributed by atoms with van der Waals surface area (Å²) in [5.74, 6) is 1.22. The molecule has 34 heavy (non-hydrogen) atoms. The topological polar surface area (TPSA) is 26.3 Å². The molecule has 0 aliphatic heterocycles. The van der Waals surface area contributed by atoms with Gasteiger partial charge in [-0.25, -0.2) is 0 Å². The Morgan fingerprint density at radius 1 is 0.971 bits per heavy atom. The molecule has 0 N–H and O–H groups in total. The Morgan fingerprint density at radius 2 is 1.68 bits per heavy atom. The van der Waals surface area contributed by atoms with E-state index in [2.05, 4.69) is 67.5 Å². The summed E-state index contributed by atoms with van der Waals surface area (Å²) < 4.78 is 5.88. The Kier molecular flexibility index (Phi) is 6.52. The van der Waals surface area contributed by atoms with Crippen LogP contribution in [-0.2, 0) is 9.53 Å². The molecule has 3 fully saturated rings. The Balaban J connectivity index is 1.61. The molecular weight excluding hydrogens is 416 g/mol. The molecule has 0 aromatic rings. The third-order valence-electron chi connectivity index (χ3n) is 12.0. The molecule has 4 aliphatic carbocycles. The lowest BCUT2D eigenvalue weighted by Crippen LogP contribution is -2.63. The Hall–Kier alpha value is -1.05. The lowest BCUT2D eigenvalue weighted by Gasteiger charge is -2.70. The summed E-state index contributed by atoms with van der Waals surface area (Å²) in [6.07, 6.45) is 17.8. The minimum Gasteiger partial charge on any atom is -0.462 e. The van der Waals surface area contributed by atoms with E-state index in [0.29, 0.717) is 27.6 Å². The first-order valence-corrected chi connectivity index (χ1v) is 14.2. The highest BCUT2D eigenvalue weighted by Crippen LogP contribution is 2.73. The van der Waals surface area contributed by atoms with Crippen LogP contribution in [0, 0.1) is 38.9 Å². The number of hydrogen-bond acceptors (Lipinski definition) is 2. The molecule has 0 saturated heterocycles. The zero-order chi connectivity index (χ0) is 25.2. The van der Waals surface area contributed by atoms with Gasteiger partial charge in [-0.15, -0.1) is 0 Å². The first kappa shape index (κ1) is 26.0. The summed E-state index contributed by atoms with van der Waals surface area (Å²) in [4.78, 5) is 11.8. The lowest BCUT2D eigenvalue weighted by molar-refractivity contribution is -0.209. The number of carbonyl (C=O) groups is 1. The third-order valence-corrected chi connectivity index (χ3v) is 12.0. The van der Waals surface area contributed by atoms with Gasteiger partial charge >= 0.3 is 5.97 Å². The summed E-state index contributed by atoms with van der Waals surface area (Å²) >= 11 is 0. The zero-order valence-corrected chi connectivity index (χ0v) is 23.8. The first-order chi connectivity index (χ1) is 15.7. The normalized spacial score (nSPS) is 45.2. The molecule has 0 amide bonds. The van der Waals surface area contributed by atoms with Gasteiger partial charge in [0.1, 0.15) is 6.10 Å². The number of fused-ring (bicyclic) bond motifs is 5. The summed E-state index contributed by atoms with van der Waals surface area (Å²) in [5, 5.41) is 0. The Morgan fingerprint density at radius 3 is 2.32 bits per heavy atom. The predicted molar refractivity (Wildman–Crippen MR) is 142 cm³/mol. The van der Waals surface area contributed by atoms with Crippen LogP contribution in [0.4, 0.5) is 0 Å². The molecule has 0 aromatic heterocycles. The predicted octanol–water partition coefficient (Wildman–Crippen LogP) is 9.05. The first-order valence-electron chi connectivity index (χ1n) is 14.2. The molecule has 7 atom stereocenters. The van der Waals surface area contributed by atoms with E-state index in [9.17, 15) is 4.79 Å². The summed E-state index contributed by atoms with van der Waals surface area (Å²) in [6.45, 7) is 21.3. The van der Waals surface area contributed by atoms with Crippen molar-refractivity contribution in [2.24, 2.45) is 38.9 Å². The maximum absolute atomic E-state index is 11.8. The van der Waals surface area contributed by atoms with Crippen LogP contribution in [0.3, 0.4) is 0 Å². The van der Waals surface area contributed by atoms with Gasteiger partial charge in [-0.3, -0.25) is 4.79 Å². The second kappa shape index (κ2) is 8.52. The number of allylic oxidation sites excluding steroid dienone is 4.